The molecule has 0 atom stereocenters. The van der Waals surface area contributed by atoms with Crippen molar-refractivity contribution in [3.63, 3.8) is 0 Å². The molecule has 4 rings (SSSR count). The van der Waals surface area contributed by atoms with Crippen LogP contribution in [0.5, 0.6) is 11.5 Å². The van der Waals surface area contributed by atoms with Crippen molar-refractivity contribution in [3.8, 4) is 11.5 Å². The number of hydrogen-bond donors (Lipinski definition) is 0. The van der Waals surface area contributed by atoms with Crippen LogP contribution in [0.1, 0.15) is 23.6 Å². The minimum absolute atomic E-state index is 0.259. The van der Waals surface area contributed by atoms with Crippen LogP contribution in [0.15, 0.2) is 47.4 Å². The van der Waals surface area contributed by atoms with Crippen LogP contribution < -0.4 is 9.47 Å². The Morgan fingerprint density at radius 3 is 2.51 bits per heavy atom. The normalized spacial score (nSPS) is 17.3. The summed E-state index contributed by atoms with van der Waals surface area (Å²) in [6, 6.07) is 13.5. The number of thioether (sulfide) groups is 1. The standard InChI is InChI=1S/C26H28N2O6S/c1-3-33-22-14-20(8-9-21(22)34-17-19-6-4-18(2)5-7-19)15-23-25(30)28(26(31)35-23)16-24(29)27-10-12-32-13-11-27/h4-9,14-15H,3,10-13,16-17H2,1-2H3/b23-15-. The van der Waals surface area contributed by atoms with Crippen molar-refractivity contribution in [1.82, 2.24) is 9.80 Å². The molecule has 0 radical (unpaired) electrons. The van der Waals surface area contributed by atoms with E-state index < -0.39 is 11.1 Å². The zero-order valence-electron chi connectivity index (χ0n) is 19.8. The van der Waals surface area contributed by atoms with Gasteiger partial charge in [0.1, 0.15) is 13.2 Å². The van der Waals surface area contributed by atoms with Crippen molar-refractivity contribution >= 4 is 34.9 Å². The number of benzene rings is 2. The van der Waals surface area contributed by atoms with Crippen molar-refractivity contribution in [2.45, 2.75) is 20.5 Å². The molecule has 2 aromatic carbocycles. The number of hydrogen-bond acceptors (Lipinski definition) is 7. The van der Waals surface area contributed by atoms with Crippen molar-refractivity contribution in [3.05, 3.63) is 64.1 Å². The molecule has 0 unspecified atom stereocenters. The third-order valence-electron chi connectivity index (χ3n) is 5.61. The van der Waals surface area contributed by atoms with E-state index in [1.807, 2.05) is 38.1 Å². The zero-order valence-corrected chi connectivity index (χ0v) is 20.6. The van der Waals surface area contributed by atoms with Crippen LogP contribution in [0.4, 0.5) is 4.79 Å². The molecule has 2 aliphatic heterocycles. The lowest BCUT2D eigenvalue weighted by molar-refractivity contribution is -0.139. The zero-order chi connectivity index (χ0) is 24.8. The van der Waals surface area contributed by atoms with Gasteiger partial charge in [0.05, 0.1) is 24.7 Å². The van der Waals surface area contributed by atoms with Gasteiger partial charge in [0.25, 0.3) is 11.1 Å². The number of nitrogens with zero attached hydrogens (tertiary/aromatic N) is 2. The molecule has 0 N–H and O–H groups in total. The van der Waals surface area contributed by atoms with Crippen molar-refractivity contribution in [2.75, 3.05) is 39.5 Å². The van der Waals surface area contributed by atoms with E-state index in [-0.39, 0.29) is 17.4 Å². The first-order valence-electron chi connectivity index (χ1n) is 11.5. The highest BCUT2D eigenvalue weighted by Gasteiger charge is 2.37. The molecule has 8 nitrogen and oxygen atoms in total. The number of rotatable bonds is 8. The van der Waals surface area contributed by atoms with Crippen molar-refractivity contribution in [2.24, 2.45) is 0 Å². The highest BCUT2D eigenvalue weighted by atomic mass is 32.2. The first-order valence-corrected chi connectivity index (χ1v) is 12.3. The van der Waals surface area contributed by atoms with Gasteiger partial charge in [-0.3, -0.25) is 19.3 Å². The average Bonchev–Trinajstić information content (AvgIpc) is 3.12. The number of carbonyl (C=O) groups excluding carboxylic acids is 3. The molecule has 2 aromatic rings. The van der Waals surface area contributed by atoms with E-state index in [1.165, 1.54) is 5.56 Å². The molecule has 9 heteroatoms. The molecule has 3 amide bonds. The van der Waals surface area contributed by atoms with E-state index in [9.17, 15) is 14.4 Å². The van der Waals surface area contributed by atoms with Crippen LogP contribution in [0.3, 0.4) is 0 Å². The van der Waals surface area contributed by atoms with Gasteiger partial charge in [0.2, 0.25) is 5.91 Å². The molecule has 0 saturated carbocycles. The van der Waals surface area contributed by atoms with Crippen molar-refractivity contribution < 1.29 is 28.6 Å². The SMILES string of the molecule is CCOc1cc(/C=C2\SC(=O)N(CC(=O)N3CCOCC3)C2=O)ccc1OCc1ccc(C)cc1. The first kappa shape index (κ1) is 24.8. The predicted molar refractivity (Wildman–Crippen MR) is 133 cm³/mol. The van der Waals surface area contributed by atoms with Gasteiger partial charge in [-0.15, -0.1) is 0 Å². The molecule has 0 aliphatic carbocycles. The second-order valence-electron chi connectivity index (χ2n) is 8.17. The summed E-state index contributed by atoms with van der Waals surface area (Å²) in [4.78, 5) is 40.7. The molecule has 0 spiro atoms. The van der Waals surface area contributed by atoms with Gasteiger partial charge >= 0.3 is 0 Å². The van der Waals surface area contributed by atoms with Gasteiger partial charge in [-0.05, 0) is 54.9 Å². The van der Waals surface area contributed by atoms with Crippen LogP contribution >= 0.6 is 11.8 Å². The lowest BCUT2D eigenvalue weighted by Crippen LogP contribution is -2.46. The fourth-order valence-corrected chi connectivity index (χ4v) is 4.52. The van der Waals surface area contributed by atoms with Crippen LogP contribution in [0, 0.1) is 6.92 Å². The summed E-state index contributed by atoms with van der Waals surface area (Å²) in [5.74, 6) is 0.411. The van der Waals surface area contributed by atoms with Gasteiger partial charge in [0.15, 0.2) is 11.5 Å². The Labute approximate surface area is 208 Å². The van der Waals surface area contributed by atoms with Gasteiger partial charge in [-0.25, -0.2) is 0 Å². The average molecular weight is 497 g/mol. The quantitative estimate of drug-likeness (QED) is 0.513. The summed E-state index contributed by atoms with van der Waals surface area (Å²) in [5.41, 5.74) is 2.92. The Bertz CT molecular complexity index is 1130. The van der Waals surface area contributed by atoms with Gasteiger partial charge < -0.3 is 19.1 Å². The number of carbonyl (C=O) groups is 3. The second kappa shape index (κ2) is 11.4. The third kappa shape index (κ3) is 6.23. The highest BCUT2D eigenvalue weighted by molar-refractivity contribution is 8.18. The molecule has 2 heterocycles. The third-order valence-corrected chi connectivity index (χ3v) is 6.52. The van der Waals surface area contributed by atoms with Crippen molar-refractivity contribution in [1.29, 1.82) is 0 Å². The summed E-state index contributed by atoms with van der Waals surface area (Å²) < 4.78 is 17.0. The van der Waals surface area contributed by atoms with Crippen LogP contribution in [0.25, 0.3) is 6.08 Å². The molecular formula is C26H28N2O6S. The number of morpholine rings is 1. The maximum atomic E-state index is 12.9. The Kier molecular flexibility index (Phi) is 8.09. The van der Waals surface area contributed by atoms with Crippen LogP contribution in [0.2, 0.25) is 0 Å². The number of ether oxygens (including phenoxy) is 3. The highest BCUT2D eigenvalue weighted by Crippen LogP contribution is 2.35. The van der Waals surface area contributed by atoms with E-state index in [1.54, 1.807) is 29.2 Å². The Morgan fingerprint density at radius 2 is 1.80 bits per heavy atom. The summed E-state index contributed by atoms with van der Waals surface area (Å²) in [6.45, 7) is 6.34. The molecule has 2 fully saturated rings. The smallest absolute Gasteiger partial charge is 0.294 e. The number of amides is 3. The lowest BCUT2D eigenvalue weighted by atomic mass is 10.1. The summed E-state index contributed by atoms with van der Waals surface area (Å²) in [6.07, 6.45) is 1.64. The molecule has 184 valence electrons. The van der Waals surface area contributed by atoms with E-state index >= 15 is 0 Å². The first-order chi connectivity index (χ1) is 16.9. The van der Waals surface area contributed by atoms with Crippen LogP contribution in [-0.2, 0) is 20.9 Å². The minimum atomic E-state index is -0.473. The van der Waals surface area contributed by atoms with E-state index in [2.05, 4.69) is 0 Å². The lowest BCUT2D eigenvalue weighted by Gasteiger charge is -2.28. The largest absolute Gasteiger partial charge is 0.490 e. The van der Waals surface area contributed by atoms with Crippen LogP contribution in [-0.4, -0.2) is 66.3 Å². The van der Waals surface area contributed by atoms with E-state index in [0.29, 0.717) is 56.6 Å². The van der Waals surface area contributed by atoms with Gasteiger partial charge in [-0.2, -0.15) is 0 Å². The fourth-order valence-electron chi connectivity index (χ4n) is 3.68. The maximum absolute atomic E-state index is 12.9. The van der Waals surface area contributed by atoms with Gasteiger partial charge in [-0.1, -0.05) is 35.9 Å². The molecule has 0 aromatic heterocycles. The maximum Gasteiger partial charge on any atom is 0.294 e. The summed E-state index contributed by atoms with van der Waals surface area (Å²) in [7, 11) is 0. The Hall–Kier alpha value is -3.30. The molecular weight excluding hydrogens is 468 g/mol. The molecule has 2 aliphatic rings. The topological polar surface area (TPSA) is 85.4 Å². The number of aryl methyl sites for hydroxylation is 1. The number of imide groups is 1. The molecule has 35 heavy (non-hydrogen) atoms. The fraction of sp³-hybridized carbons (Fsp3) is 0.346. The predicted octanol–water partition coefficient (Wildman–Crippen LogP) is 3.87. The monoisotopic (exact) mass is 496 g/mol. The molecule has 0 bridgehead atoms. The molecule has 2 saturated heterocycles. The van der Waals surface area contributed by atoms with Gasteiger partial charge in [0, 0.05) is 13.1 Å². The summed E-state index contributed by atoms with van der Waals surface area (Å²) >= 11 is 0.828. The Morgan fingerprint density at radius 1 is 1.06 bits per heavy atom. The van der Waals surface area contributed by atoms with E-state index in [0.717, 1.165) is 22.2 Å². The Balaban J connectivity index is 1.45. The van der Waals surface area contributed by atoms with E-state index in [4.69, 9.17) is 14.2 Å². The summed E-state index contributed by atoms with van der Waals surface area (Å²) in [5, 5.41) is -0.453. The second-order valence-corrected chi connectivity index (χ2v) is 9.17. The minimum Gasteiger partial charge on any atom is -0.490 e.